The fourth-order valence-corrected chi connectivity index (χ4v) is 8.97. The molecule has 3 heterocycles. The minimum atomic E-state index is 0.648. The number of fused-ring (bicyclic) bond motifs is 10. The van der Waals surface area contributed by atoms with Gasteiger partial charge in [0, 0.05) is 43.6 Å². The third kappa shape index (κ3) is 4.53. The van der Waals surface area contributed by atoms with Crippen molar-refractivity contribution in [1.82, 2.24) is 19.1 Å². The lowest BCUT2D eigenvalue weighted by molar-refractivity contribution is 1.01. The highest BCUT2D eigenvalue weighted by molar-refractivity contribution is 6.23. The van der Waals surface area contributed by atoms with Crippen LogP contribution in [-0.2, 0) is 0 Å². The molecule has 0 unspecified atom stereocenters. The first-order valence-corrected chi connectivity index (χ1v) is 19.1. The van der Waals surface area contributed by atoms with E-state index in [2.05, 4.69) is 203 Å². The second-order valence-corrected chi connectivity index (χ2v) is 14.6. The fraction of sp³-hybridized carbons (Fsp3) is 0. The van der Waals surface area contributed by atoms with Gasteiger partial charge in [0.25, 0.3) is 0 Å². The molecule has 0 amide bonds. The monoisotopic (exact) mass is 712 g/mol. The number of rotatable bonds is 4. The molecule has 12 aromatic rings. The summed E-state index contributed by atoms with van der Waals surface area (Å²) in [5.74, 6) is 0.648. The van der Waals surface area contributed by atoms with E-state index in [4.69, 9.17) is 9.97 Å². The van der Waals surface area contributed by atoms with Gasteiger partial charge in [0.15, 0.2) is 0 Å². The van der Waals surface area contributed by atoms with Crippen LogP contribution in [0.2, 0.25) is 0 Å². The van der Waals surface area contributed by atoms with Crippen LogP contribution in [0.5, 0.6) is 0 Å². The van der Waals surface area contributed by atoms with Crippen molar-refractivity contribution in [2.45, 2.75) is 0 Å². The topological polar surface area (TPSA) is 35.6 Å². The molecule has 0 aliphatic heterocycles. The highest BCUT2D eigenvalue weighted by Gasteiger charge is 2.22. The molecule has 9 aromatic carbocycles. The summed E-state index contributed by atoms with van der Waals surface area (Å²) in [6, 6.07) is 69.6. The standard InChI is InChI=1S/C52H32N4/c1-2-16-37(17-3-1)55-48-32-49-44(31-45(48)42-30-29-34-14-5-7-19-40(34)51(42)55)41-20-9-11-24-47(41)56(49)52-53-46-23-10-8-21-43(46)50(54-52)36-27-25-35(26-28-36)39-22-12-15-33-13-4-6-18-38(33)39/h1-32H. The summed E-state index contributed by atoms with van der Waals surface area (Å²) in [7, 11) is 0. The van der Waals surface area contributed by atoms with Crippen LogP contribution in [0, 0.1) is 0 Å². The molecule has 0 atom stereocenters. The van der Waals surface area contributed by atoms with E-state index in [0.717, 1.165) is 44.4 Å². The van der Waals surface area contributed by atoms with Gasteiger partial charge in [-0.2, -0.15) is 0 Å². The molecule has 56 heavy (non-hydrogen) atoms. The van der Waals surface area contributed by atoms with E-state index in [-0.39, 0.29) is 0 Å². The molecule has 12 rings (SSSR count). The maximum atomic E-state index is 5.46. The van der Waals surface area contributed by atoms with Gasteiger partial charge in [-0.05, 0) is 63.7 Å². The van der Waals surface area contributed by atoms with Crippen LogP contribution in [0.1, 0.15) is 0 Å². The zero-order chi connectivity index (χ0) is 36.7. The van der Waals surface area contributed by atoms with E-state index >= 15 is 0 Å². The van der Waals surface area contributed by atoms with Gasteiger partial charge in [-0.15, -0.1) is 0 Å². The van der Waals surface area contributed by atoms with Gasteiger partial charge in [0.05, 0.1) is 33.3 Å². The number of aromatic nitrogens is 4. The Labute approximate surface area is 322 Å². The molecule has 0 saturated carbocycles. The van der Waals surface area contributed by atoms with Gasteiger partial charge in [0.2, 0.25) is 5.95 Å². The Kier molecular flexibility index (Phi) is 6.60. The zero-order valence-corrected chi connectivity index (χ0v) is 30.3. The molecule has 0 fully saturated rings. The number of hydrogen-bond donors (Lipinski definition) is 0. The van der Waals surface area contributed by atoms with E-state index < -0.39 is 0 Å². The van der Waals surface area contributed by atoms with Crippen LogP contribution in [0.3, 0.4) is 0 Å². The molecule has 260 valence electrons. The molecule has 0 aliphatic carbocycles. The van der Waals surface area contributed by atoms with E-state index in [1.165, 1.54) is 59.7 Å². The molecule has 0 aliphatic rings. The third-order valence-electron chi connectivity index (χ3n) is 11.5. The van der Waals surface area contributed by atoms with Gasteiger partial charge >= 0.3 is 0 Å². The summed E-state index contributed by atoms with van der Waals surface area (Å²) >= 11 is 0. The number of nitrogens with zero attached hydrogens (tertiary/aromatic N) is 4. The Hall–Kier alpha value is -7.56. The lowest BCUT2D eigenvalue weighted by Gasteiger charge is -2.13. The van der Waals surface area contributed by atoms with Gasteiger partial charge in [-0.1, -0.05) is 158 Å². The van der Waals surface area contributed by atoms with Crippen LogP contribution in [0.25, 0.3) is 110 Å². The lowest BCUT2D eigenvalue weighted by Crippen LogP contribution is -2.03. The molecule has 0 radical (unpaired) electrons. The Morgan fingerprint density at radius 2 is 0.964 bits per heavy atom. The van der Waals surface area contributed by atoms with Crippen LogP contribution in [-0.4, -0.2) is 19.1 Å². The summed E-state index contributed by atoms with van der Waals surface area (Å²) in [4.78, 5) is 10.7. The van der Waals surface area contributed by atoms with E-state index in [0.29, 0.717) is 5.95 Å². The molecule has 3 aromatic heterocycles. The van der Waals surface area contributed by atoms with E-state index in [1.807, 2.05) is 0 Å². The first-order chi connectivity index (χ1) is 27.8. The van der Waals surface area contributed by atoms with Crippen molar-refractivity contribution in [3.63, 3.8) is 0 Å². The maximum absolute atomic E-state index is 5.46. The van der Waals surface area contributed by atoms with Crippen molar-refractivity contribution >= 4 is 76.1 Å². The first kappa shape index (κ1) is 30.9. The molecule has 4 heteroatoms. The van der Waals surface area contributed by atoms with E-state index in [1.54, 1.807) is 0 Å². The lowest BCUT2D eigenvalue weighted by atomic mass is 9.96. The van der Waals surface area contributed by atoms with Crippen molar-refractivity contribution in [3.8, 4) is 34.0 Å². The molecule has 0 bridgehead atoms. The Morgan fingerprint density at radius 3 is 1.80 bits per heavy atom. The van der Waals surface area contributed by atoms with Crippen LogP contribution < -0.4 is 0 Å². The highest BCUT2D eigenvalue weighted by atomic mass is 15.2. The first-order valence-electron chi connectivity index (χ1n) is 19.1. The molecule has 0 saturated heterocycles. The second-order valence-electron chi connectivity index (χ2n) is 14.6. The zero-order valence-electron chi connectivity index (χ0n) is 30.3. The Morgan fingerprint density at radius 1 is 0.339 bits per heavy atom. The maximum Gasteiger partial charge on any atom is 0.235 e. The quantitative estimate of drug-likeness (QED) is 0.182. The van der Waals surface area contributed by atoms with Gasteiger partial charge in [-0.25, -0.2) is 9.97 Å². The summed E-state index contributed by atoms with van der Waals surface area (Å²) in [6.45, 7) is 0. The number of para-hydroxylation sites is 3. The van der Waals surface area contributed by atoms with Crippen molar-refractivity contribution in [2.75, 3.05) is 0 Å². The third-order valence-corrected chi connectivity index (χ3v) is 11.5. The molecular formula is C52H32N4. The van der Waals surface area contributed by atoms with Crippen molar-refractivity contribution in [2.24, 2.45) is 0 Å². The molecule has 0 spiro atoms. The summed E-state index contributed by atoms with van der Waals surface area (Å²) in [5, 5.41) is 10.8. The van der Waals surface area contributed by atoms with Crippen molar-refractivity contribution in [1.29, 1.82) is 0 Å². The Balaban J connectivity index is 1.12. The summed E-state index contributed by atoms with van der Waals surface area (Å²) in [6.07, 6.45) is 0. The van der Waals surface area contributed by atoms with E-state index in [9.17, 15) is 0 Å². The molecule has 4 nitrogen and oxygen atoms in total. The van der Waals surface area contributed by atoms with Crippen LogP contribution in [0.15, 0.2) is 194 Å². The summed E-state index contributed by atoms with van der Waals surface area (Å²) < 4.78 is 4.69. The fourth-order valence-electron chi connectivity index (χ4n) is 8.97. The molecule has 0 N–H and O–H groups in total. The molecular weight excluding hydrogens is 681 g/mol. The van der Waals surface area contributed by atoms with Crippen molar-refractivity contribution in [3.05, 3.63) is 194 Å². The minimum absolute atomic E-state index is 0.648. The largest absolute Gasteiger partial charge is 0.309 e. The summed E-state index contributed by atoms with van der Waals surface area (Å²) in [5.41, 5.74) is 10.9. The highest BCUT2D eigenvalue weighted by Crippen LogP contribution is 2.42. The van der Waals surface area contributed by atoms with Gasteiger partial charge in [0.1, 0.15) is 0 Å². The average Bonchev–Trinajstić information content (AvgIpc) is 3.77. The van der Waals surface area contributed by atoms with Gasteiger partial charge in [-0.3, -0.25) is 4.57 Å². The normalized spacial score (nSPS) is 11.9. The van der Waals surface area contributed by atoms with Crippen molar-refractivity contribution < 1.29 is 0 Å². The number of benzene rings is 9. The predicted molar refractivity (Wildman–Crippen MR) is 234 cm³/mol. The minimum Gasteiger partial charge on any atom is -0.309 e. The number of hydrogen-bond acceptors (Lipinski definition) is 2. The second kappa shape index (κ2) is 12.0. The SMILES string of the molecule is c1ccc(-n2c3cc4c(cc3c3ccc5ccccc5c32)c2ccccc2n4-c2nc(-c3ccc(-c4cccc5ccccc45)cc3)c3ccccc3n2)cc1. The average molecular weight is 713 g/mol. The van der Waals surface area contributed by atoms with Gasteiger partial charge < -0.3 is 4.57 Å². The van der Waals surface area contributed by atoms with Crippen LogP contribution in [0.4, 0.5) is 0 Å². The predicted octanol–water partition coefficient (Wildman–Crippen LogP) is 13.5. The Bertz CT molecular complexity index is 3510. The van der Waals surface area contributed by atoms with Crippen LogP contribution >= 0.6 is 0 Å². The smallest absolute Gasteiger partial charge is 0.235 e.